The Labute approximate surface area is 123 Å². The number of benzene rings is 1. The summed E-state index contributed by atoms with van der Waals surface area (Å²) >= 11 is 2.09. The molecule has 0 unspecified atom stereocenters. The van der Waals surface area contributed by atoms with Gasteiger partial charge in [0.2, 0.25) is 5.91 Å². The average Bonchev–Trinajstić information content (AvgIpc) is 2.76. The average molecular weight is 308 g/mol. The molecule has 104 valence electrons. The smallest absolute Gasteiger partial charge is 0.307 e. The third kappa shape index (κ3) is 3.78. The molecule has 3 N–H and O–H groups in total. The van der Waals surface area contributed by atoms with Crippen LogP contribution in [0.25, 0.3) is 0 Å². The van der Waals surface area contributed by atoms with Gasteiger partial charge in [-0.3, -0.25) is 9.59 Å². The second-order valence-corrected chi connectivity index (χ2v) is 5.84. The first-order valence-corrected chi connectivity index (χ1v) is 7.48. The molecule has 2 aromatic rings. The van der Waals surface area contributed by atoms with Gasteiger partial charge in [0, 0.05) is 0 Å². The third-order valence-corrected chi connectivity index (χ3v) is 4.23. The molecule has 0 saturated heterocycles. The van der Waals surface area contributed by atoms with Crippen molar-refractivity contribution in [2.45, 2.75) is 11.9 Å². The summed E-state index contributed by atoms with van der Waals surface area (Å²) in [5.41, 5.74) is 6.81. The van der Waals surface area contributed by atoms with Gasteiger partial charge in [0.05, 0.1) is 11.4 Å². The van der Waals surface area contributed by atoms with Crippen LogP contribution in [0.4, 0.5) is 10.7 Å². The zero-order chi connectivity index (χ0) is 14.5. The monoisotopic (exact) mass is 308 g/mol. The number of nitrogens with zero attached hydrogens (tertiary/aromatic N) is 2. The number of primary amides is 1. The third-order valence-electron chi connectivity index (χ3n) is 2.32. The summed E-state index contributed by atoms with van der Waals surface area (Å²) in [4.78, 5) is 24.5. The normalized spacial score (nSPS) is 11.1. The van der Waals surface area contributed by atoms with Crippen molar-refractivity contribution < 1.29 is 4.79 Å². The number of nitrogens with one attached hydrogen (secondary N) is 1. The molecule has 20 heavy (non-hydrogen) atoms. The van der Waals surface area contributed by atoms with Crippen molar-refractivity contribution in [3.8, 4) is 0 Å². The number of nitrogens with two attached hydrogens (primary N) is 1. The lowest BCUT2D eigenvalue weighted by Crippen LogP contribution is -2.13. The van der Waals surface area contributed by atoms with E-state index in [2.05, 4.69) is 15.2 Å². The number of hydrogen-bond donors (Lipinski definition) is 2. The number of carbonyl (C=O) groups is 1. The van der Waals surface area contributed by atoms with E-state index in [1.54, 1.807) is 0 Å². The fourth-order valence-corrected chi connectivity index (χ4v) is 2.92. The molecule has 0 radical (unpaired) electrons. The molecule has 1 heterocycles. The summed E-state index contributed by atoms with van der Waals surface area (Å²) in [6, 6.07) is 7.54. The Morgan fingerprint density at radius 3 is 2.85 bits per heavy atom. The Morgan fingerprint density at radius 2 is 2.15 bits per heavy atom. The molecule has 0 saturated carbocycles. The molecule has 1 aromatic carbocycles. The first-order chi connectivity index (χ1) is 9.56. The molecule has 0 bridgehead atoms. The summed E-state index contributed by atoms with van der Waals surface area (Å²) in [5, 5.41) is 9.16. The fourth-order valence-electron chi connectivity index (χ4n) is 1.39. The second kappa shape index (κ2) is 6.49. The quantitative estimate of drug-likeness (QED) is 0.656. The Kier molecular flexibility index (Phi) is 4.70. The number of amides is 1. The molecule has 0 spiro atoms. The molecule has 6 nitrogen and oxygen atoms in total. The molecule has 0 fully saturated rings. The summed E-state index contributed by atoms with van der Waals surface area (Å²) in [5.74, 6) is -0.372. The first-order valence-electron chi connectivity index (χ1n) is 5.68. The predicted octanol–water partition coefficient (Wildman–Crippen LogP) is 2.74. The van der Waals surface area contributed by atoms with E-state index in [0.717, 1.165) is 34.3 Å². The highest BCUT2D eigenvalue weighted by molar-refractivity contribution is 8.00. The SMILES string of the molecule is Cc1ccccc1N=Nc1sc(=O)[nH]c1SCC(N)=O. The lowest BCUT2D eigenvalue weighted by Gasteiger charge is -1.97. The van der Waals surface area contributed by atoms with Gasteiger partial charge in [0.25, 0.3) is 0 Å². The largest absolute Gasteiger partial charge is 0.369 e. The van der Waals surface area contributed by atoms with Gasteiger partial charge in [-0.25, -0.2) is 0 Å². The van der Waals surface area contributed by atoms with E-state index >= 15 is 0 Å². The van der Waals surface area contributed by atoms with Crippen LogP contribution in [0, 0.1) is 6.92 Å². The van der Waals surface area contributed by atoms with Crippen LogP contribution in [0.5, 0.6) is 0 Å². The number of hydrogen-bond acceptors (Lipinski definition) is 6. The number of aromatic amines is 1. The van der Waals surface area contributed by atoms with Crippen molar-refractivity contribution in [3.63, 3.8) is 0 Å². The number of carbonyl (C=O) groups excluding carboxylic acids is 1. The maximum Gasteiger partial charge on any atom is 0.307 e. The maximum absolute atomic E-state index is 11.4. The maximum atomic E-state index is 11.4. The van der Waals surface area contributed by atoms with Crippen LogP contribution in [0.2, 0.25) is 0 Å². The van der Waals surface area contributed by atoms with E-state index in [1.807, 2.05) is 31.2 Å². The van der Waals surface area contributed by atoms with Crippen molar-refractivity contribution in [3.05, 3.63) is 39.5 Å². The van der Waals surface area contributed by atoms with Crippen LogP contribution in [0.15, 0.2) is 44.3 Å². The zero-order valence-corrected chi connectivity index (χ0v) is 12.3. The molecule has 0 atom stereocenters. The molecule has 0 aliphatic heterocycles. The summed E-state index contributed by atoms with van der Waals surface area (Å²) < 4.78 is 0. The van der Waals surface area contributed by atoms with Crippen molar-refractivity contribution in [2.24, 2.45) is 16.0 Å². The highest BCUT2D eigenvalue weighted by Crippen LogP contribution is 2.31. The number of aromatic nitrogens is 1. The van der Waals surface area contributed by atoms with Crippen LogP contribution in [-0.4, -0.2) is 16.6 Å². The van der Waals surface area contributed by atoms with Gasteiger partial charge >= 0.3 is 4.87 Å². The van der Waals surface area contributed by atoms with Crippen LogP contribution in [0.3, 0.4) is 0 Å². The highest BCUT2D eigenvalue weighted by Gasteiger charge is 2.09. The fraction of sp³-hybridized carbons (Fsp3) is 0.167. The minimum atomic E-state index is -0.455. The topological polar surface area (TPSA) is 101 Å². The summed E-state index contributed by atoms with van der Waals surface area (Å²) in [6.07, 6.45) is 0. The standard InChI is InChI=1S/C12H12N4O2S2/c1-7-4-2-3-5-8(7)15-16-11-10(14-12(18)20-11)19-6-9(13)17/h2-5H,6H2,1H3,(H2,13,17)(H,14,18). The Morgan fingerprint density at radius 1 is 1.40 bits per heavy atom. The number of azo groups is 1. The molecule has 0 aliphatic rings. The van der Waals surface area contributed by atoms with Crippen molar-refractivity contribution in [1.29, 1.82) is 0 Å². The van der Waals surface area contributed by atoms with E-state index in [4.69, 9.17) is 5.73 Å². The Bertz CT molecular complexity index is 705. The second-order valence-electron chi connectivity index (χ2n) is 3.89. The molecular formula is C12H12N4O2S2. The molecule has 0 aliphatic carbocycles. The van der Waals surface area contributed by atoms with Gasteiger partial charge in [-0.2, -0.15) is 0 Å². The molecular weight excluding hydrogens is 296 g/mol. The molecule has 8 heteroatoms. The lowest BCUT2D eigenvalue weighted by molar-refractivity contribution is -0.115. The van der Waals surface area contributed by atoms with Gasteiger partial charge in [-0.1, -0.05) is 41.3 Å². The van der Waals surface area contributed by atoms with Crippen LogP contribution in [-0.2, 0) is 4.79 Å². The van der Waals surface area contributed by atoms with Crippen molar-refractivity contribution >= 4 is 39.7 Å². The van der Waals surface area contributed by atoms with Crippen molar-refractivity contribution in [1.82, 2.24) is 4.98 Å². The van der Waals surface area contributed by atoms with E-state index < -0.39 is 5.91 Å². The first kappa shape index (κ1) is 14.5. The van der Waals surface area contributed by atoms with Crippen LogP contribution >= 0.6 is 23.1 Å². The van der Waals surface area contributed by atoms with E-state index in [1.165, 1.54) is 0 Å². The molecule has 1 amide bonds. The van der Waals surface area contributed by atoms with Crippen molar-refractivity contribution in [2.75, 3.05) is 5.75 Å². The van der Waals surface area contributed by atoms with E-state index in [9.17, 15) is 9.59 Å². The number of thioether (sulfide) groups is 1. The minimum Gasteiger partial charge on any atom is -0.369 e. The van der Waals surface area contributed by atoms with Gasteiger partial charge in [0.1, 0.15) is 5.03 Å². The zero-order valence-electron chi connectivity index (χ0n) is 10.6. The number of H-pyrrole nitrogens is 1. The molecule has 2 rings (SSSR count). The summed E-state index contributed by atoms with van der Waals surface area (Å²) in [6.45, 7) is 1.93. The van der Waals surface area contributed by atoms with E-state index in [0.29, 0.717) is 10.0 Å². The van der Waals surface area contributed by atoms with Crippen LogP contribution < -0.4 is 10.6 Å². The Hall–Kier alpha value is -1.93. The van der Waals surface area contributed by atoms with E-state index in [-0.39, 0.29) is 10.6 Å². The number of aryl methyl sites for hydroxylation is 1. The predicted molar refractivity (Wildman–Crippen MR) is 80.2 cm³/mol. The molecule has 1 aromatic heterocycles. The van der Waals surface area contributed by atoms with Crippen LogP contribution in [0.1, 0.15) is 5.56 Å². The summed E-state index contributed by atoms with van der Waals surface area (Å²) in [7, 11) is 0. The van der Waals surface area contributed by atoms with Gasteiger partial charge in [-0.05, 0) is 18.6 Å². The highest BCUT2D eigenvalue weighted by atomic mass is 32.2. The number of thiazole rings is 1. The van der Waals surface area contributed by atoms with Gasteiger partial charge in [-0.15, -0.1) is 10.2 Å². The van der Waals surface area contributed by atoms with Gasteiger partial charge in [0.15, 0.2) is 5.00 Å². The Balaban J connectivity index is 2.23. The minimum absolute atomic E-state index is 0.0829. The van der Waals surface area contributed by atoms with Gasteiger partial charge < -0.3 is 10.7 Å². The lowest BCUT2D eigenvalue weighted by atomic mass is 10.2. The number of rotatable bonds is 5.